The van der Waals surface area contributed by atoms with Crippen molar-refractivity contribution in [2.24, 2.45) is 0 Å². The first-order valence-corrected chi connectivity index (χ1v) is 17.8. The standard InChI is InChI=1S/C37H42BrN3O4S/c1-5-28(4)39-37(43)35(24-29-12-8-7-9-13-29)40(25-30-18-20-32(38)21-19-30)36(42)26-41(34-15-11-10-14-31(34)6-2)46(44,45)33-22-16-27(3)17-23-33/h7-23,28,35H,5-6,24-26H2,1-4H3,(H,39,43)/t28-,35-/m1/s1. The molecule has 0 aromatic heterocycles. The van der Waals surface area contributed by atoms with E-state index < -0.39 is 28.5 Å². The summed E-state index contributed by atoms with van der Waals surface area (Å²) in [4.78, 5) is 30.2. The summed E-state index contributed by atoms with van der Waals surface area (Å²) >= 11 is 3.47. The van der Waals surface area contributed by atoms with Crippen LogP contribution >= 0.6 is 15.9 Å². The molecule has 242 valence electrons. The zero-order valence-corrected chi connectivity index (χ0v) is 29.2. The summed E-state index contributed by atoms with van der Waals surface area (Å²) in [6.45, 7) is 7.39. The molecule has 4 rings (SSSR count). The van der Waals surface area contributed by atoms with Crippen LogP contribution < -0.4 is 9.62 Å². The fraction of sp³-hybridized carbons (Fsp3) is 0.297. The van der Waals surface area contributed by atoms with Gasteiger partial charge in [0.2, 0.25) is 11.8 Å². The quantitative estimate of drug-likeness (QED) is 0.152. The molecule has 2 amide bonds. The van der Waals surface area contributed by atoms with Crippen molar-refractivity contribution in [1.82, 2.24) is 10.2 Å². The Balaban J connectivity index is 1.83. The number of aryl methyl sites for hydroxylation is 2. The third-order valence-electron chi connectivity index (χ3n) is 8.07. The molecule has 2 atom stereocenters. The Morgan fingerprint density at radius 1 is 0.826 bits per heavy atom. The molecule has 0 fully saturated rings. The van der Waals surface area contributed by atoms with Gasteiger partial charge in [0.25, 0.3) is 10.0 Å². The number of rotatable bonds is 14. The molecule has 0 saturated heterocycles. The lowest BCUT2D eigenvalue weighted by molar-refractivity contribution is -0.140. The molecule has 9 heteroatoms. The number of hydrogen-bond acceptors (Lipinski definition) is 4. The number of anilines is 1. The highest BCUT2D eigenvalue weighted by Gasteiger charge is 2.35. The number of carbonyl (C=O) groups excluding carboxylic acids is 2. The minimum absolute atomic E-state index is 0.0895. The third kappa shape index (κ3) is 8.85. The Kier molecular flexibility index (Phi) is 12.2. The lowest BCUT2D eigenvalue weighted by Gasteiger charge is -2.34. The summed E-state index contributed by atoms with van der Waals surface area (Å²) in [6.07, 6.45) is 1.56. The largest absolute Gasteiger partial charge is 0.352 e. The van der Waals surface area contributed by atoms with E-state index >= 15 is 0 Å². The van der Waals surface area contributed by atoms with Gasteiger partial charge in [-0.05, 0) is 73.7 Å². The minimum Gasteiger partial charge on any atom is -0.352 e. The van der Waals surface area contributed by atoms with Crippen LogP contribution in [0.15, 0.2) is 112 Å². The van der Waals surface area contributed by atoms with Crippen LogP contribution in [-0.2, 0) is 39.0 Å². The van der Waals surface area contributed by atoms with E-state index in [2.05, 4.69) is 21.2 Å². The fourth-order valence-corrected chi connectivity index (χ4v) is 6.90. The van der Waals surface area contributed by atoms with Crippen LogP contribution in [0.2, 0.25) is 0 Å². The molecular formula is C37H42BrN3O4S. The highest BCUT2D eigenvalue weighted by molar-refractivity contribution is 9.10. The van der Waals surface area contributed by atoms with Crippen LogP contribution in [0.5, 0.6) is 0 Å². The molecule has 0 saturated carbocycles. The Bertz CT molecular complexity index is 1710. The summed E-state index contributed by atoms with van der Waals surface area (Å²) < 4.78 is 30.7. The number of sulfonamides is 1. The maximum Gasteiger partial charge on any atom is 0.264 e. The van der Waals surface area contributed by atoms with Gasteiger partial charge in [0.05, 0.1) is 10.6 Å². The van der Waals surface area contributed by atoms with E-state index in [0.29, 0.717) is 12.1 Å². The van der Waals surface area contributed by atoms with Gasteiger partial charge in [-0.3, -0.25) is 13.9 Å². The minimum atomic E-state index is -4.16. The smallest absolute Gasteiger partial charge is 0.264 e. The first kappa shape index (κ1) is 34.9. The molecule has 0 heterocycles. The van der Waals surface area contributed by atoms with E-state index in [1.807, 2.05) is 94.4 Å². The Morgan fingerprint density at radius 3 is 2.09 bits per heavy atom. The average Bonchev–Trinajstić information content (AvgIpc) is 3.06. The van der Waals surface area contributed by atoms with Crippen molar-refractivity contribution in [2.45, 2.75) is 70.5 Å². The summed E-state index contributed by atoms with van der Waals surface area (Å²) in [5, 5.41) is 3.07. The average molecular weight is 705 g/mol. The second-order valence-corrected chi connectivity index (χ2v) is 14.3. The molecule has 0 spiro atoms. The van der Waals surface area contributed by atoms with Crippen molar-refractivity contribution in [3.8, 4) is 0 Å². The number of nitrogens with zero attached hydrogens (tertiary/aromatic N) is 2. The zero-order valence-electron chi connectivity index (χ0n) is 26.8. The Morgan fingerprint density at radius 2 is 1.46 bits per heavy atom. The number of amides is 2. The van der Waals surface area contributed by atoms with E-state index in [0.717, 1.165) is 33.1 Å². The van der Waals surface area contributed by atoms with Gasteiger partial charge in [0.1, 0.15) is 12.6 Å². The van der Waals surface area contributed by atoms with Crippen molar-refractivity contribution in [3.05, 3.63) is 130 Å². The van der Waals surface area contributed by atoms with Gasteiger partial charge in [0.15, 0.2) is 0 Å². The molecule has 0 unspecified atom stereocenters. The van der Waals surface area contributed by atoms with Crippen molar-refractivity contribution in [1.29, 1.82) is 0 Å². The van der Waals surface area contributed by atoms with Gasteiger partial charge in [-0.25, -0.2) is 8.42 Å². The zero-order chi connectivity index (χ0) is 33.3. The van der Waals surface area contributed by atoms with E-state index in [1.54, 1.807) is 36.4 Å². The molecule has 0 aliphatic carbocycles. The Hall–Kier alpha value is -3.95. The van der Waals surface area contributed by atoms with Gasteiger partial charge < -0.3 is 10.2 Å². The second kappa shape index (κ2) is 16.1. The SMILES string of the molecule is CCc1ccccc1N(CC(=O)N(Cc1ccc(Br)cc1)[C@H](Cc1ccccc1)C(=O)N[C@H](C)CC)S(=O)(=O)c1ccc(C)cc1. The maximum absolute atomic E-state index is 14.7. The summed E-state index contributed by atoms with van der Waals surface area (Å²) in [7, 11) is -4.16. The maximum atomic E-state index is 14.7. The van der Waals surface area contributed by atoms with Crippen molar-refractivity contribution >= 4 is 43.5 Å². The lowest BCUT2D eigenvalue weighted by atomic mass is 10.0. The molecule has 0 aliphatic heterocycles. The van der Waals surface area contributed by atoms with Crippen LogP contribution in [0.25, 0.3) is 0 Å². The van der Waals surface area contributed by atoms with Crippen molar-refractivity contribution < 1.29 is 18.0 Å². The van der Waals surface area contributed by atoms with Crippen LogP contribution in [0, 0.1) is 6.92 Å². The molecule has 0 bridgehead atoms. The van der Waals surface area contributed by atoms with Gasteiger partial charge in [0, 0.05) is 23.5 Å². The predicted octanol–water partition coefficient (Wildman–Crippen LogP) is 7.07. The van der Waals surface area contributed by atoms with Gasteiger partial charge >= 0.3 is 0 Å². The van der Waals surface area contributed by atoms with Gasteiger partial charge in [-0.15, -0.1) is 0 Å². The highest BCUT2D eigenvalue weighted by Crippen LogP contribution is 2.29. The Labute approximate surface area is 281 Å². The number of benzene rings is 4. The molecule has 4 aromatic carbocycles. The lowest BCUT2D eigenvalue weighted by Crippen LogP contribution is -2.54. The summed E-state index contributed by atoms with van der Waals surface area (Å²) in [5.41, 5.74) is 3.85. The van der Waals surface area contributed by atoms with Gasteiger partial charge in [-0.1, -0.05) is 108 Å². The number of nitrogens with one attached hydrogen (secondary N) is 1. The van der Waals surface area contributed by atoms with Crippen LogP contribution in [0.3, 0.4) is 0 Å². The first-order valence-electron chi connectivity index (χ1n) is 15.6. The summed E-state index contributed by atoms with van der Waals surface area (Å²) in [6, 6.07) is 30.0. The first-order chi connectivity index (χ1) is 22.0. The van der Waals surface area contributed by atoms with Gasteiger partial charge in [-0.2, -0.15) is 0 Å². The van der Waals surface area contributed by atoms with Crippen molar-refractivity contribution in [3.63, 3.8) is 0 Å². The second-order valence-electron chi connectivity index (χ2n) is 11.5. The molecule has 4 aromatic rings. The molecule has 46 heavy (non-hydrogen) atoms. The number of carbonyl (C=O) groups is 2. The van der Waals surface area contributed by atoms with Crippen LogP contribution in [0.4, 0.5) is 5.69 Å². The number of para-hydroxylation sites is 1. The normalized spacial score (nSPS) is 12.6. The van der Waals surface area contributed by atoms with Crippen molar-refractivity contribution in [2.75, 3.05) is 10.8 Å². The predicted molar refractivity (Wildman–Crippen MR) is 188 cm³/mol. The highest BCUT2D eigenvalue weighted by atomic mass is 79.9. The molecule has 0 radical (unpaired) electrons. The number of halogens is 1. The topological polar surface area (TPSA) is 86.8 Å². The van der Waals surface area contributed by atoms with Crippen LogP contribution in [-0.4, -0.2) is 43.8 Å². The molecule has 1 N–H and O–H groups in total. The van der Waals surface area contributed by atoms with E-state index in [9.17, 15) is 18.0 Å². The van der Waals surface area contributed by atoms with E-state index in [4.69, 9.17) is 0 Å². The fourth-order valence-electron chi connectivity index (χ4n) is 5.19. The molecule has 0 aliphatic rings. The van der Waals surface area contributed by atoms with E-state index in [-0.39, 0.29) is 29.8 Å². The van der Waals surface area contributed by atoms with E-state index in [1.165, 1.54) is 9.21 Å². The molecule has 7 nitrogen and oxygen atoms in total. The number of hydrogen-bond donors (Lipinski definition) is 1. The van der Waals surface area contributed by atoms with Crippen LogP contribution in [0.1, 0.15) is 49.4 Å². The summed E-state index contributed by atoms with van der Waals surface area (Å²) in [5.74, 6) is -0.768. The monoisotopic (exact) mass is 703 g/mol. The molecular weight excluding hydrogens is 662 g/mol. The third-order valence-corrected chi connectivity index (χ3v) is 10.4.